The van der Waals surface area contributed by atoms with E-state index in [1.54, 1.807) is 6.07 Å². The number of benzene rings is 1. The lowest BCUT2D eigenvalue weighted by molar-refractivity contribution is 0.460. The number of aromatic nitrogens is 2. The summed E-state index contributed by atoms with van der Waals surface area (Å²) < 4.78 is 15.3. The molecule has 0 amide bonds. The van der Waals surface area contributed by atoms with Gasteiger partial charge >= 0.3 is 0 Å². The highest BCUT2D eigenvalue weighted by Gasteiger charge is 2.17. The zero-order valence-corrected chi connectivity index (χ0v) is 12.7. The standard InChI is InChI=1S/C17H22FN3/c1-12-10-14(18)8-9-16(12)21-11-13(2)19-17(21)20-15-6-4-3-5-7-15/h8-11,15H,3-7H2,1-2H3,(H,19,20). The number of anilines is 1. The van der Waals surface area contributed by atoms with Gasteiger partial charge in [-0.25, -0.2) is 9.37 Å². The molecule has 1 aromatic carbocycles. The number of imidazole rings is 1. The third-order valence-electron chi connectivity index (χ3n) is 4.18. The lowest BCUT2D eigenvalue weighted by Gasteiger charge is -2.24. The molecule has 3 rings (SSSR count). The van der Waals surface area contributed by atoms with Crippen molar-refractivity contribution in [1.29, 1.82) is 0 Å². The van der Waals surface area contributed by atoms with Crippen LogP contribution in [0.25, 0.3) is 5.69 Å². The van der Waals surface area contributed by atoms with Crippen molar-refractivity contribution in [1.82, 2.24) is 9.55 Å². The molecule has 0 saturated heterocycles. The van der Waals surface area contributed by atoms with Gasteiger partial charge in [0.25, 0.3) is 0 Å². The first-order chi connectivity index (χ1) is 10.1. The van der Waals surface area contributed by atoms with E-state index < -0.39 is 0 Å². The second-order valence-electron chi connectivity index (χ2n) is 5.99. The van der Waals surface area contributed by atoms with Crippen LogP contribution < -0.4 is 5.32 Å². The van der Waals surface area contributed by atoms with Crippen LogP contribution in [-0.2, 0) is 0 Å². The summed E-state index contributed by atoms with van der Waals surface area (Å²) in [5, 5.41) is 3.57. The predicted molar refractivity (Wildman–Crippen MR) is 83.5 cm³/mol. The SMILES string of the molecule is Cc1cn(-c2ccc(F)cc2C)c(NC2CCCCC2)n1. The minimum Gasteiger partial charge on any atom is -0.353 e. The Hall–Kier alpha value is -1.84. The van der Waals surface area contributed by atoms with Crippen molar-refractivity contribution < 1.29 is 4.39 Å². The van der Waals surface area contributed by atoms with E-state index in [-0.39, 0.29) is 5.82 Å². The molecule has 1 saturated carbocycles. The maximum absolute atomic E-state index is 13.3. The molecule has 1 aliphatic carbocycles. The normalized spacial score (nSPS) is 16.1. The second kappa shape index (κ2) is 5.88. The Kier molecular flexibility index (Phi) is 3.95. The summed E-state index contributed by atoms with van der Waals surface area (Å²) in [6.45, 7) is 3.92. The Morgan fingerprint density at radius 3 is 2.67 bits per heavy atom. The molecule has 1 aliphatic rings. The molecule has 2 aromatic rings. The summed E-state index contributed by atoms with van der Waals surface area (Å²) in [5.74, 6) is 0.670. The average Bonchev–Trinajstić information content (AvgIpc) is 2.80. The van der Waals surface area contributed by atoms with Gasteiger partial charge in [-0.2, -0.15) is 0 Å². The molecule has 1 fully saturated rings. The Morgan fingerprint density at radius 1 is 1.19 bits per heavy atom. The highest BCUT2D eigenvalue weighted by Crippen LogP contribution is 2.25. The quantitative estimate of drug-likeness (QED) is 0.908. The smallest absolute Gasteiger partial charge is 0.207 e. The average molecular weight is 287 g/mol. The molecule has 3 nitrogen and oxygen atoms in total. The van der Waals surface area contributed by atoms with Gasteiger partial charge in [0.15, 0.2) is 0 Å². The summed E-state index contributed by atoms with van der Waals surface area (Å²) in [6.07, 6.45) is 8.32. The van der Waals surface area contributed by atoms with Crippen LogP contribution >= 0.6 is 0 Å². The summed E-state index contributed by atoms with van der Waals surface area (Å²) in [6, 6.07) is 5.38. The van der Waals surface area contributed by atoms with E-state index in [1.807, 2.05) is 30.7 Å². The Balaban J connectivity index is 1.91. The van der Waals surface area contributed by atoms with Gasteiger partial charge in [-0.1, -0.05) is 19.3 Å². The van der Waals surface area contributed by atoms with Crippen molar-refractivity contribution in [3.8, 4) is 5.69 Å². The molecule has 0 atom stereocenters. The Morgan fingerprint density at radius 2 is 1.95 bits per heavy atom. The first-order valence-electron chi connectivity index (χ1n) is 7.72. The lowest BCUT2D eigenvalue weighted by Crippen LogP contribution is -2.24. The maximum Gasteiger partial charge on any atom is 0.207 e. The summed E-state index contributed by atoms with van der Waals surface area (Å²) >= 11 is 0. The van der Waals surface area contributed by atoms with Gasteiger partial charge in [-0.15, -0.1) is 0 Å². The van der Waals surface area contributed by atoms with Crippen LogP contribution in [0.15, 0.2) is 24.4 Å². The number of nitrogens with zero attached hydrogens (tertiary/aromatic N) is 2. The molecule has 1 N–H and O–H groups in total. The molecule has 0 spiro atoms. The first kappa shape index (κ1) is 14.1. The van der Waals surface area contributed by atoms with Crippen LogP contribution in [0.3, 0.4) is 0 Å². The van der Waals surface area contributed by atoms with E-state index in [9.17, 15) is 4.39 Å². The lowest BCUT2D eigenvalue weighted by atomic mass is 9.96. The van der Waals surface area contributed by atoms with Crippen molar-refractivity contribution >= 4 is 5.95 Å². The molecule has 0 radical (unpaired) electrons. The number of aryl methyl sites for hydroxylation is 2. The highest BCUT2D eigenvalue weighted by atomic mass is 19.1. The number of nitrogens with one attached hydrogen (secondary N) is 1. The van der Waals surface area contributed by atoms with Gasteiger partial charge in [0, 0.05) is 12.2 Å². The van der Waals surface area contributed by atoms with Gasteiger partial charge in [0.2, 0.25) is 5.95 Å². The minimum absolute atomic E-state index is 0.199. The van der Waals surface area contributed by atoms with Gasteiger partial charge in [-0.3, -0.25) is 4.57 Å². The van der Waals surface area contributed by atoms with E-state index in [0.29, 0.717) is 6.04 Å². The van der Waals surface area contributed by atoms with E-state index in [2.05, 4.69) is 10.3 Å². The van der Waals surface area contributed by atoms with E-state index >= 15 is 0 Å². The van der Waals surface area contributed by atoms with E-state index in [0.717, 1.165) is 22.9 Å². The summed E-state index contributed by atoms with van der Waals surface area (Å²) in [4.78, 5) is 4.60. The predicted octanol–water partition coefficient (Wildman–Crippen LogP) is 4.37. The molecule has 4 heteroatoms. The fourth-order valence-corrected chi connectivity index (χ4v) is 3.10. The zero-order valence-electron chi connectivity index (χ0n) is 12.7. The maximum atomic E-state index is 13.3. The van der Waals surface area contributed by atoms with Crippen molar-refractivity contribution in [3.05, 3.63) is 41.5 Å². The molecule has 1 heterocycles. The first-order valence-corrected chi connectivity index (χ1v) is 7.72. The number of hydrogen-bond donors (Lipinski definition) is 1. The van der Waals surface area contributed by atoms with Gasteiger partial charge in [0.1, 0.15) is 5.82 Å². The van der Waals surface area contributed by atoms with Gasteiger partial charge < -0.3 is 5.32 Å². The largest absolute Gasteiger partial charge is 0.353 e. The molecule has 0 bridgehead atoms. The second-order valence-corrected chi connectivity index (χ2v) is 5.99. The fourth-order valence-electron chi connectivity index (χ4n) is 3.10. The van der Waals surface area contributed by atoms with Crippen LogP contribution in [0.1, 0.15) is 43.4 Å². The van der Waals surface area contributed by atoms with Crippen molar-refractivity contribution in [2.75, 3.05) is 5.32 Å². The third kappa shape index (κ3) is 3.09. The van der Waals surface area contributed by atoms with Crippen molar-refractivity contribution in [2.45, 2.75) is 52.0 Å². The van der Waals surface area contributed by atoms with Crippen LogP contribution in [0, 0.1) is 19.7 Å². The fraction of sp³-hybridized carbons (Fsp3) is 0.471. The molecular formula is C17H22FN3. The van der Waals surface area contributed by atoms with E-state index in [1.165, 1.54) is 38.2 Å². The summed E-state index contributed by atoms with van der Waals surface area (Å²) in [5.41, 5.74) is 2.87. The van der Waals surface area contributed by atoms with Gasteiger partial charge in [-0.05, 0) is 50.5 Å². The van der Waals surface area contributed by atoms with Crippen LogP contribution in [0.2, 0.25) is 0 Å². The highest BCUT2D eigenvalue weighted by molar-refractivity contribution is 5.48. The number of halogens is 1. The molecule has 112 valence electrons. The number of rotatable bonds is 3. The molecule has 1 aromatic heterocycles. The monoisotopic (exact) mass is 287 g/mol. The Labute approximate surface area is 125 Å². The zero-order chi connectivity index (χ0) is 14.8. The van der Waals surface area contributed by atoms with Crippen LogP contribution in [0.4, 0.5) is 10.3 Å². The van der Waals surface area contributed by atoms with Gasteiger partial charge in [0.05, 0.1) is 11.4 Å². The van der Waals surface area contributed by atoms with Crippen molar-refractivity contribution in [3.63, 3.8) is 0 Å². The third-order valence-corrected chi connectivity index (χ3v) is 4.18. The topological polar surface area (TPSA) is 29.9 Å². The number of hydrogen-bond acceptors (Lipinski definition) is 2. The van der Waals surface area contributed by atoms with Crippen molar-refractivity contribution in [2.24, 2.45) is 0 Å². The molecular weight excluding hydrogens is 265 g/mol. The van der Waals surface area contributed by atoms with Crippen LogP contribution in [0.5, 0.6) is 0 Å². The molecule has 0 unspecified atom stereocenters. The summed E-state index contributed by atoms with van der Waals surface area (Å²) in [7, 11) is 0. The molecule has 21 heavy (non-hydrogen) atoms. The minimum atomic E-state index is -0.199. The Bertz CT molecular complexity index is 627. The van der Waals surface area contributed by atoms with E-state index in [4.69, 9.17) is 0 Å². The molecule has 0 aliphatic heterocycles. The van der Waals surface area contributed by atoms with Crippen LogP contribution in [-0.4, -0.2) is 15.6 Å².